The summed E-state index contributed by atoms with van der Waals surface area (Å²) in [6.07, 6.45) is 0. The highest BCUT2D eigenvalue weighted by Crippen LogP contribution is 2.32. The summed E-state index contributed by atoms with van der Waals surface area (Å²) < 4.78 is 15.1. The van der Waals surface area contributed by atoms with Gasteiger partial charge in [-0.15, -0.1) is 0 Å². The molecule has 0 unspecified atom stereocenters. The number of nitrogens with zero attached hydrogens (tertiary/aromatic N) is 1. The van der Waals surface area contributed by atoms with E-state index in [0.717, 1.165) is 16.5 Å². The number of carbonyl (C=O) groups is 2. The molecule has 0 spiro atoms. The molecule has 2 heterocycles. The summed E-state index contributed by atoms with van der Waals surface area (Å²) in [6.45, 7) is 3.72. The number of hydrogen-bond acceptors (Lipinski definition) is 7. The van der Waals surface area contributed by atoms with E-state index < -0.39 is 11.9 Å². The molecule has 27 heavy (non-hydrogen) atoms. The van der Waals surface area contributed by atoms with Crippen LogP contribution in [0.1, 0.15) is 11.1 Å². The molecule has 0 saturated carbocycles. The first-order valence-corrected chi connectivity index (χ1v) is 8.26. The Morgan fingerprint density at radius 1 is 1.07 bits per heavy atom. The lowest BCUT2D eigenvalue weighted by Crippen LogP contribution is -2.39. The van der Waals surface area contributed by atoms with Crippen molar-refractivity contribution in [2.75, 3.05) is 32.5 Å². The van der Waals surface area contributed by atoms with Crippen molar-refractivity contribution in [1.29, 1.82) is 0 Å². The Labute approximate surface area is 155 Å². The maximum absolute atomic E-state index is 12.4. The molecule has 8 nitrogen and oxygen atoms in total. The molecule has 0 fully saturated rings. The van der Waals surface area contributed by atoms with Crippen molar-refractivity contribution in [2.45, 2.75) is 13.8 Å². The minimum absolute atomic E-state index is 0.0489. The Morgan fingerprint density at radius 2 is 1.78 bits per heavy atom. The van der Waals surface area contributed by atoms with E-state index in [1.165, 1.54) is 20.3 Å². The van der Waals surface area contributed by atoms with Crippen molar-refractivity contribution >= 4 is 28.5 Å². The number of pyridine rings is 1. The molecule has 1 aliphatic rings. The van der Waals surface area contributed by atoms with E-state index in [4.69, 9.17) is 14.2 Å². The number of benzene rings is 1. The molecule has 0 aliphatic carbocycles. The van der Waals surface area contributed by atoms with Crippen LogP contribution < -0.4 is 10.5 Å². The van der Waals surface area contributed by atoms with Gasteiger partial charge in [-0.3, -0.25) is 4.79 Å². The number of ether oxygens (including phenoxy) is 3. The summed E-state index contributed by atoms with van der Waals surface area (Å²) in [4.78, 5) is 40.7. The fourth-order valence-electron chi connectivity index (χ4n) is 3.19. The predicted molar refractivity (Wildman–Crippen MR) is 98.4 cm³/mol. The van der Waals surface area contributed by atoms with Crippen molar-refractivity contribution in [3.8, 4) is 0 Å². The molecule has 3 rings (SSSR count). The van der Waals surface area contributed by atoms with Crippen LogP contribution in [-0.4, -0.2) is 44.5 Å². The predicted octanol–water partition coefficient (Wildman–Crippen LogP) is 1.54. The third-order valence-corrected chi connectivity index (χ3v) is 4.49. The van der Waals surface area contributed by atoms with Crippen molar-refractivity contribution in [3.05, 3.63) is 50.9 Å². The van der Waals surface area contributed by atoms with Gasteiger partial charge in [-0.1, -0.05) is 0 Å². The second-order valence-electron chi connectivity index (χ2n) is 6.22. The Morgan fingerprint density at radius 3 is 2.44 bits per heavy atom. The summed E-state index contributed by atoms with van der Waals surface area (Å²) >= 11 is 0. The highest BCUT2D eigenvalue weighted by atomic mass is 16.5. The van der Waals surface area contributed by atoms with Gasteiger partial charge in [0.25, 0.3) is 0 Å². The van der Waals surface area contributed by atoms with Gasteiger partial charge in [-0.25, -0.2) is 9.59 Å². The molecule has 2 aromatic rings. The van der Waals surface area contributed by atoms with E-state index in [1.54, 1.807) is 11.0 Å². The number of aromatic nitrogens is 1. The lowest BCUT2D eigenvalue weighted by molar-refractivity contribution is -0.140. The summed E-state index contributed by atoms with van der Waals surface area (Å²) in [6, 6.07) is 5.20. The first kappa shape index (κ1) is 18.7. The third-order valence-electron chi connectivity index (χ3n) is 4.49. The molecule has 0 amide bonds. The van der Waals surface area contributed by atoms with Crippen LogP contribution in [0.25, 0.3) is 10.9 Å². The smallest absolute Gasteiger partial charge is 0.355 e. The maximum atomic E-state index is 12.4. The van der Waals surface area contributed by atoms with Crippen LogP contribution in [0.15, 0.2) is 34.3 Å². The van der Waals surface area contributed by atoms with Crippen molar-refractivity contribution < 1.29 is 23.8 Å². The number of fused-ring (bicyclic) bond motifs is 1. The fourth-order valence-corrected chi connectivity index (χ4v) is 3.19. The Kier molecular flexibility index (Phi) is 5.00. The van der Waals surface area contributed by atoms with Crippen molar-refractivity contribution in [1.82, 2.24) is 4.98 Å². The number of carbonyl (C=O) groups excluding carboxylic acids is 2. The summed E-state index contributed by atoms with van der Waals surface area (Å²) in [7, 11) is 2.48. The molecular weight excluding hydrogens is 352 g/mol. The molecule has 1 N–H and O–H groups in total. The van der Waals surface area contributed by atoms with Crippen LogP contribution in [0.3, 0.4) is 0 Å². The number of esters is 2. The van der Waals surface area contributed by atoms with Gasteiger partial charge in [0.05, 0.1) is 31.9 Å². The summed E-state index contributed by atoms with van der Waals surface area (Å²) in [5.74, 6) is -1.33. The second kappa shape index (κ2) is 7.24. The van der Waals surface area contributed by atoms with E-state index in [0.29, 0.717) is 11.2 Å². The lowest BCUT2D eigenvalue weighted by atomic mass is 10.0. The molecule has 0 saturated heterocycles. The van der Waals surface area contributed by atoms with Gasteiger partial charge >= 0.3 is 11.9 Å². The fraction of sp³-hybridized carbons (Fsp3) is 0.316. The van der Waals surface area contributed by atoms with Crippen LogP contribution in [0.5, 0.6) is 0 Å². The number of nitrogens with one attached hydrogen (secondary N) is 1. The van der Waals surface area contributed by atoms with Crippen LogP contribution >= 0.6 is 0 Å². The zero-order chi connectivity index (χ0) is 19.7. The average molecular weight is 372 g/mol. The number of methoxy groups -OCH3 is 2. The average Bonchev–Trinajstić information content (AvgIpc) is 2.66. The lowest BCUT2D eigenvalue weighted by Gasteiger charge is -2.32. The number of anilines is 1. The van der Waals surface area contributed by atoms with E-state index >= 15 is 0 Å². The summed E-state index contributed by atoms with van der Waals surface area (Å²) in [5.41, 5.74) is 2.84. The van der Waals surface area contributed by atoms with Gasteiger partial charge in [0, 0.05) is 17.1 Å². The SMILES string of the molecule is COC(=O)C1=C(C(=O)OC)N(c2cc3[nH]c(=O)cc(C)c3cc2C)COC1. The first-order chi connectivity index (χ1) is 12.9. The monoisotopic (exact) mass is 372 g/mol. The topological polar surface area (TPSA) is 97.9 Å². The highest BCUT2D eigenvalue weighted by molar-refractivity contribution is 6.04. The molecule has 1 aliphatic heterocycles. The van der Waals surface area contributed by atoms with E-state index in [9.17, 15) is 14.4 Å². The number of aryl methyl sites for hydroxylation is 2. The highest BCUT2D eigenvalue weighted by Gasteiger charge is 2.33. The van der Waals surface area contributed by atoms with Crippen molar-refractivity contribution in [2.24, 2.45) is 0 Å². The zero-order valence-electron chi connectivity index (χ0n) is 15.5. The largest absolute Gasteiger partial charge is 0.466 e. The normalized spacial score (nSPS) is 14.4. The maximum Gasteiger partial charge on any atom is 0.355 e. The van der Waals surface area contributed by atoms with Gasteiger partial charge in [-0.05, 0) is 37.1 Å². The molecule has 1 aromatic heterocycles. The van der Waals surface area contributed by atoms with Crippen LogP contribution in [-0.2, 0) is 23.8 Å². The third kappa shape index (κ3) is 3.31. The number of hydrogen-bond donors (Lipinski definition) is 1. The Hall–Kier alpha value is -3.13. The zero-order valence-corrected chi connectivity index (χ0v) is 15.5. The summed E-state index contributed by atoms with van der Waals surface area (Å²) in [5, 5.41) is 0.894. The van der Waals surface area contributed by atoms with Gasteiger partial charge in [0.1, 0.15) is 12.4 Å². The van der Waals surface area contributed by atoms with Gasteiger partial charge in [0.2, 0.25) is 5.56 Å². The van der Waals surface area contributed by atoms with E-state index in [1.807, 2.05) is 19.9 Å². The Bertz CT molecular complexity index is 1020. The van der Waals surface area contributed by atoms with Crippen LogP contribution in [0.4, 0.5) is 5.69 Å². The first-order valence-electron chi connectivity index (χ1n) is 8.26. The second-order valence-corrected chi connectivity index (χ2v) is 6.22. The van der Waals surface area contributed by atoms with Gasteiger partial charge in [-0.2, -0.15) is 0 Å². The molecule has 1 aromatic carbocycles. The molecule has 0 radical (unpaired) electrons. The number of rotatable bonds is 3. The quantitative estimate of drug-likeness (QED) is 0.816. The molecular formula is C19H20N2O6. The van der Waals surface area contributed by atoms with Crippen LogP contribution in [0.2, 0.25) is 0 Å². The van der Waals surface area contributed by atoms with Gasteiger partial charge < -0.3 is 24.1 Å². The minimum atomic E-state index is -0.670. The molecule has 0 atom stereocenters. The van der Waals surface area contributed by atoms with E-state index in [-0.39, 0.29) is 30.2 Å². The van der Waals surface area contributed by atoms with E-state index in [2.05, 4.69) is 4.98 Å². The molecule has 142 valence electrons. The molecule has 0 bridgehead atoms. The van der Waals surface area contributed by atoms with Crippen molar-refractivity contribution in [3.63, 3.8) is 0 Å². The van der Waals surface area contributed by atoms with Crippen LogP contribution in [0, 0.1) is 13.8 Å². The Balaban J connectivity index is 2.24. The number of aromatic amines is 1. The molecule has 8 heteroatoms. The standard InChI is InChI=1S/C19H20N2O6/c1-10-6-16(22)20-14-7-15(11(2)5-12(10)14)21-9-27-8-13(18(23)25-3)17(21)19(24)26-4/h5-7H,8-9H2,1-4H3,(H,20,22). The number of H-pyrrole nitrogens is 1. The van der Waals surface area contributed by atoms with Gasteiger partial charge in [0.15, 0.2) is 0 Å². The minimum Gasteiger partial charge on any atom is -0.466 e.